The summed E-state index contributed by atoms with van der Waals surface area (Å²) in [6, 6.07) is 10.7. The van der Waals surface area contributed by atoms with Gasteiger partial charge in [0.15, 0.2) is 0 Å². The van der Waals surface area contributed by atoms with Crippen LogP contribution < -0.4 is 0 Å². The van der Waals surface area contributed by atoms with Crippen molar-refractivity contribution in [1.29, 1.82) is 0 Å². The molecule has 1 atom stereocenters. The highest BCUT2D eigenvalue weighted by Crippen LogP contribution is 2.31. The Labute approximate surface area is 126 Å². The van der Waals surface area contributed by atoms with Crippen LogP contribution in [0.15, 0.2) is 36.4 Å². The molecular weight excluding hydrogens is 289 g/mol. The highest BCUT2D eigenvalue weighted by Gasteiger charge is 2.28. The number of likely N-dealkylation sites (tertiary alicyclic amines) is 1. The van der Waals surface area contributed by atoms with Gasteiger partial charge in [0.2, 0.25) is 0 Å². The summed E-state index contributed by atoms with van der Waals surface area (Å²) >= 11 is 1.57. The first kappa shape index (κ1) is 14.2. The van der Waals surface area contributed by atoms with E-state index in [4.69, 9.17) is 5.11 Å². The van der Waals surface area contributed by atoms with Crippen LogP contribution in [0.3, 0.4) is 0 Å². The molecule has 1 aromatic heterocycles. The Hall–Kier alpha value is -1.72. The van der Waals surface area contributed by atoms with E-state index in [0.717, 1.165) is 22.8 Å². The molecule has 110 valence electrons. The number of hydrogen-bond acceptors (Lipinski definition) is 3. The number of carboxylic acid groups (broad SMARTS) is 1. The molecule has 1 aliphatic rings. The summed E-state index contributed by atoms with van der Waals surface area (Å²) in [4.78, 5) is 15.2. The number of hydrogen-bond donors (Lipinski definition) is 1. The summed E-state index contributed by atoms with van der Waals surface area (Å²) in [6.45, 7) is 2.15. The van der Waals surface area contributed by atoms with Crippen molar-refractivity contribution >= 4 is 17.3 Å². The fourth-order valence-corrected chi connectivity index (χ4v) is 3.74. The number of aliphatic carboxylic acids is 1. The van der Waals surface area contributed by atoms with Crippen LogP contribution in [0.5, 0.6) is 0 Å². The molecule has 0 aliphatic carbocycles. The Morgan fingerprint density at radius 2 is 2.14 bits per heavy atom. The van der Waals surface area contributed by atoms with Crippen molar-refractivity contribution in [2.75, 3.05) is 13.1 Å². The Kier molecular flexibility index (Phi) is 4.03. The molecule has 1 aromatic carbocycles. The topological polar surface area (TPSA) is 40.5 Å². The molecule has 0 bridgehead atoms. The lowest BCUT2D eigenvalue weighted by Crippen LogP contribution is -2.22. The Balaban J connectivity index is 1.69. The van der Waals surface area contributed by atoms with Crippen molar-refractivity contribution < 1.29 is 14.3 Å². The minimum absolute atomic E-state index is 0.210. The van der Waals surface area contributed by atoms with E-state index in [1.807, 2.05) is 18.2 Å². The lowest BCUT2D eigenvalue weighted by molar-refractivity contribution is -0.141. The second-order valence-corrected chi connectivity index (χ2v) is 6.47. The number of carbonyl (C=O) groups is 1. The molecule has 2 aromatic rings. The molecule has 0 amide bonds. The summed E-state index contributed by atoms with van der Waals surface area (Å²) in [6.07, 6.45) is 0.709. The quantitative estimate of drug-likeness (QED) is 0.940. The van der Waals surface area contributed by atoms with E-state index in [1.165, 1.54) is 6.07 Å². The molecular formula is C16H16FNO2S. The maximum absolute atomic E-state index is 13.8. The van der Waals surface area contributed by atoms with Crippen molar-refractivity contribution in [2.45, 2.75) is 13.0 Å². The largest absolute Gasteiger partial charge is 0.481 e. The van der Waals surface area contributed by atoms with Gasteiger partial charge in [-0.1, -0.05) is 18.2 Å². The van der Waals surface area contributed by atoms with Crippen molar-refractivity contribution in [2.24, 2.45) is 5.92 Å². The number of nitrogens with zero attached hydrogens (tertiary/aromatic N) is 1. The average Bonchev–Trinajstić information content (AvgIpc) is 3.09. The third kappa shape index (κ3) is 3.14. The standard InChI is InChI=1S/C16H16FNO2S/c17-14-4-2-1-3-13(14)15-6-5-12(21-15)10-18-8-7-11(9-18)16(19)20/h1-6,11H,7-10H2,(H,19,20). The van der Waals surface area contributed by atoms with Crippen LogP contribution in [0.1, 0.15) is 11.3 Å². The Morgan fingerprint density at radius 3 is 2.86 bits per heavy atom. The Morgan fingerprint density at radius 1 is 1.33 bits per heavy atom. The van der Waals surface area contributed by atoms with Crippen LogP contribution in [-0.4, -0.2) is 29.1 Å². The number of carboxylic acids is 1. The SMILES string of the molecule is O=C(O)C1CCN(Cc2ccc(-c3ccccc3F)s2)C1. The molecule has 1 unspecified atom stereocenters. The van der Waals surface area contributed by atoms with Gasteiger partial charge in [0.1, 0.15) is 5.82 Å². The number of halogens is 1. The molecule has 21 heavy (non-hydrogen) atoms. The molecule has 5 heteroatoms. The monoisotopic (exact) mass is 305 g/mol. The van der Waals surface area contributed by atoms with Gasteiger partial charge in [0.05, 0.1) is 5.92 Å². The van der Waals surface area contributed by atoms with Gasteiger partial charge in [0.25, 0.3) is 0 Å². The average molecular weight is 305 g/mol. The van der Waals surface area contributed by atoms with Crippen LogP contribution in [0, 0.1) is 11.7 Å². The van der Waals surface area contributed by atoms with Crippen LogP contribution in [0.2, 0.25) is 0 Å². The van der Waals surface area contributed by atoms with E-state index in [0.29, 0.717) is 18.5 Å². The molecule has 1 fully saturated rings. The second-order valence-electron chi connectivity index (χ2n) is 5.30. The van der Waals surface area contributed by atoms with Crippen molar-refractivity contribution in [3.05, 3.63) is 47.1 Å². The molecule has 0 radical (unpaired) electrons. The lowest BCUT2D eigenvalue weighted by Gasteiger charge is -2.13. The van der Waals surface area contributed by atoms with Gasteiger partial charge in [-0.3, -0.25) is 9.69 Å². The highest BCUT2D eigenvalue weighted by molar-refractivity contribution is 7.15. The predicted molar refractivity (Wildman–Crippen MR) is 80.7 cm³/mol. The minimum atomic E-state index is -0.712. The van der Waals surface area contributed by atoms with Gasteiger partial charge in [-0.2, -0.15) is 0 Å². The van der Waals surface area contributed by atoms with Gasteiger partial charge in [0, 0.05) is 28.4 Å². The molecule has 0 spiro atoms. The van der Waals surface area contributed by atoms with Crippen molar-refractivity contribution in [1.82, 2.24) is 4.90 Å². The molecule has 0 saturated carbocycles. The summed E-state index contributed by atoms with van der Waals surface area (Å²) in [5.74, 6) is -1.18. The third-order valence-corrected chi connectivity index (χ3v) is 4.91. The first-order chi connectivity index (χ1) is 10.1. The number of thiophene rings is 1. The van der Waals surface area contributed by atoms with Gasteiger partial charge in [-0.05, 0) is 31.2 Å². The van der Waals surface area contributed by atoms with Crippen molar-refractivity contribution in [3.8, 4) is 10.4 Å². The molecule has 2 heterocycles. The normalized spacial score (nSPS) is 19.0. The van der Waals surface area contributed by atoms with E-state index in [-0.39, 0.29) is 11.7 Å². The third-order valence-electron chi connectivity index (χ3n) is 3.80. The summed E-state index contributed by atoms with van der Waals surface area (Å²) in [5.41, 5.74) is 0.624. The van der Waals surface area contributed by atoms with Crippen molar-refractivity contribution in [3.63, 3.8) is 0 Å². The molecule has 1 aliphatic heterocycles. The van der Waals surface area contributed by atoms with Gasteiger partial charge in [-0.15, -0.1) is 11.3 Å². The first-order valence-corrected chi connectivity index (χ1v) is 7.74. The maximum atomic E-state index is 13.8. The fourth-order valence-electron chi connectivity index (χ4n) is 2.67. The fraction of sp³-hybridized carbons (Fsp3) is 0.312. The smallest absolute Gasteiger partial charge is 0.307 e. The van der Waals surface area contributed by atoms with E-state index >= 15 is 0 Å². The van der Waals surface area contributed by atoms with Crippen LogP contribution in [-0.2, 0) is 11.3 Å². The Bertz CT molecular complexity index is 655. The zero-order valence-electron chi connectivity index (χ0n) is 11.5. The molecule has 1 saturated heterocycles. The second kappa shape index (κ2) is 5.95. The van der Waals surface area contributed by atoms with Crippen LogP contribution in [0.25, 0.3) is 10.4 Å². The van der Waals surface area contributed by atoms with E-state index in [2.05, 4.69) is 4.90 Å². The zero-order valence-corrected chi connectivity index (χ0v) is 12.3. The lowest BCUT2D eigenvalue weighted by atomic mass is 10.1. The van der Waals surface area contributed by atoms with E-state index < -0.39 is 5.97 Å². The maximum Gasteiger partial charge on any atom is 0.307 e. The molecule has 3 nitrogen and oxygen atoms in total. The summed E-state index contributed by atoms with van der Waals surface area (Å²) in [5, 5.41) is 9.01. The van der Waals surface area contributed by atoms with Gasteiger partial charge < -0.3 is 5.11 Å². The van der Waals surface area contributed by atoms with Gasteiger partial charge in [-0.25, -0.2) is 4.39 Å². The van der Waals surface area contributed by atoms with Gasteiger partial charge >= 0.3 is 5.97 Å². The van der Waals surface area contributed by atoms with Crippen LogP contribution in [0.4, 0.5) is 4.39 Å². The first-order valence-electron chi connectivity index (χ1n) is 6.92. The summed E-state index contributed by atoms with van der Waals surface area (Å²) < 4.78 is 13.8. The van der Waals surface area contributed by atoms with E-state index in [1.54, 1.807) is 23.5 Å². The predicted octanol–water partition coefficient (Wildman–Crippen LogP) is 3.46. The number of benzene rings is 1. The summed E-state index contributed by atoms with van der Waals surface area (Å²) in [7, 11) is 0. The van der Waals surface area contributed by atoms with E-state index in [9.17, 15) is 9.18 Å². The minimum Gasteiger partial charge on any atom is -0.481 e. The highest BCUT2D eigenvalue weighted by atomic mass is 32.1. The molecule has 3 rings (SSSR count). The number of rotatable bonds is 4. The molecule has 1 N–H and O–H groups in total. The van der Waals surface area contributed by atoms with Crippen LogP contribution >= 0.6 is 11.3 Å². The zero-order chi connectivity index (χ0) is 14.8.